The highest BCUT2D eigenvalue weighted by Gasteiger charge is 2.17. The highest BCUT2D eigenvalue weighted by Crippen LogP contribution is 2.22. The number of aromatic nitrogens is 2. The third kappa shape index (κ3) is 4.90. The predicted octanol–water partition coefficient (Wildman–Crippen LogP) is 0.807. The Balaban J connectivity index is 1.33. The number of carbonyl (C=O) groups excluding carboxylic acids is 1. The van der Waals surface area contributed by atoms with Gasteiger partial charge in [-0.1, -0.05) is 24.3 Å². The van der Waals surface area contributed by atoms with Crippen LogP contribution in [0.5, 0.6) is 0 Å². The first-order valence-electron chi connectivity index (χ1n) is 8.52. The van der Waals surface area contributed by atoms with Crippen molar-refractivity contribution in [3.05, 3.63) is 57.6 Å². The number of amides is 1. The number of nitrogen functional groups attached to an aromatic ring is 1. The van der Waals surface area contributed by atoms with Crippen LogP contribution < -0.4 is 16.6 Å². The molecule has 0 saturated carbocycles. The Morgan fingerprint density at radius 3 is 2.68 bits per heavy atom. The summed E-state index contributed by atoms with van der Waals surface area (Å²) in [5.41, 5.74) is 8.02. The zero-order valence-electron chi connectivity index (χ0n) is 14.1. The average molecular weight is 341 g/mol. The highest BCUT2D eigenvalue weighted by atomic mass is 16.1. The Hall–Kier alpha value is -2.67. The molecule has 1 aliphatic heterocycles. The molecule has 2 aromatic rings. The van der Waals surface area contributed by atoms with Crippen molar-refractivity contribution in [3.63, 3.8) is 0 Å². The third-order valence-electron chi connectivity index (χ3n) is 4.28. The molecule has 7 heteroatoms. The molecule has 0 unspecified atom stereocenters. The number of nitrogens with two attached hydrogens (primary N) is 1. The van der Waals surface area contributed by atoms with Crippen LogP contribution in [0.1, 0.15) is 29.8 Å². The number of nitrogens with zero attached hydrogens (tertiary/aromatic N) is 2. The second-order valence-corrected chi connectivity index (χ2v) is 6.30. The lowest BCUT2D eigenvalue weighted by atomic mass is 10.1. The van der Waals surface area contributed by atoms with Gasteiger partial charge >= 0.3 is 0 Å². The van der Waals surface area contributed by atoms with E-state index in [1.54, 1.807) is 0 Å². The molecule has 0 bridgehead atoms. The topological polar surface area (TPSA) is 104 Å². The molecular formula is C18H23N5O2. The summed E-state index contributed by atoms with van der Waals surface area (Å²) in [6.45, 7) is 3.27. The van der Waals surface area contributed by atoms with Crippen molar-refractivity contribution in [2.45, 2.75) is 32.4 Å². The summed E-state index contributed by atoms with van der Waals surface area (Å²) in [4.78, 5) is 32.2. The zero-order chi connectivity index (χ0) is 17.6. The van der Waals surface area contributed by atoms with Crippen molar-refractivity contribution >= 4 is 11.7 Å². The van der Waals surface area contributed by atoms with E-state index >= 15 is 0 Å². The molecule has 3 rings (SSSR count). The van der Waals surface area contributed by atoms with Crippen molar-refractivity contribution in [2.24, 2.45) is 0 Å². The minimum absolute atomic E-state index is 0.0166. The number of rotatable bonds is 7. The number of hydrogen-bond donors (Lipinski definition) is 3. The summed E-state index contributed by atoms with van der Waals surface area (Å²) in [7, 11) is 0. The van der Waals surface area contributed by atoms with Gasteiger partial charge in [0.2, 0.25) is 5.91 Å². The van der Waals surface area contributed by atoms with Crippen LogP contribution in [0.3, 0.4) is 0 Å². The maximum atomic E-state index is 11.9. The fourth-order valence-electron chi connectivity index (χ4n) is 3.08. The predicted molar refractivity (Wildman–Crippen MR) is 95.8 cm³/mol. The molecular weight excluding hydrogens is 318 g/mol. The van der Waals surface area contributed by atoms with E-state index in [1.807, 2.05) is 0 Å². The van der Waals surface area contributed by atoms with Crippen molar-refractivity contribution < 1.29 is 4.79 Å². The molecule has 7 nitrogen and oxygen atoms in total. The van der Waals surface area contributed by atoms with Gasteiger partial charge < -0.3 is 16.0 Å². The molecule has 132 valence electrons. The first-order valence-corrected chi connectivity index (χ1v) is 8.52. The number of benzene rings is 1. The molecule has 2 heterocycles. The lowest BCUT2D eigenvalue weighted by Gasteiger charge is -2.14. The Bertz CT molecular complexity index is 777. The van der Waals surface area contributed by atoms with Crippen LogP contribution in [0.4, 0.5) is 5.82 Å². The normalized spacial score (nSPS) is 13.6. The molecule has 0 atom stereocenters. The maximum Gasteiger partial charge on any atom is 0.252 e. The quantitative estimate of drug-likeness (QED) is 0.691. The van der Waals surface area contributed by atoms with E-state index in [0.717, 1.165) is 26.1 Å². The SMILES string of the molecule is Nc1cc(=O)[nH]c(CCNC(=O)CCCN2Cc3ccccc3C2)n1. The zero-order valence-corrected chi connectivity index (χ0v) is 14.1. The molecule has 0 saturated heterocycles. The second kappa shape index (κ2) is 7.94. The van der Waals surface area contributed by atoms with Crippen LogP contribution in [0.25, 0.3) is 0 Å². The minimum atomic E-state index is -0.277. The van der Waals surface area contributed by atoms with Gasteiger partial charge in [-0.15, -0.1) is 0 Å². The number of H-pyrrole nitrogens is 1. The first-order chi connectivity index (χ1) is 12.1. The molecule has 4 N–H and O–H groups in total. The number of anilines is 1. The molecule has 0 aliphatic carbocycles. The standard InChI is InChI=1S/C18H23N5O2/c19-15-10-18(25)22-16(21-15)7-8-20-17(24)6-3-9-23-11-13-4-1-2-5-14(13)12-23/h1-2,4-5,10H,3,6-9,11-12H2,(H,20,24)(H3,19,21,22,25). The van der Waals surface area contributed by atoms with Crippen LogP contribution in [-0.4, -0.2) is 33.9 Å². The number of nitrogens with one attached hydrogen (secondary N) is 2. The third-order valence-corrected chi connectivity index (χ3v) is 4.28. The molecule has 1 aromatic heterocycles. The van der Waals surface area contributed by atoms with Gasteiger partial charge in [-0.25, -0.2) is 4.98 Å². The summed E-state index contributed by atoms with van der Waals surface area (Å²) in [5, 5.41) is 2.85. The van der Waals surface area contributed by atoms with Crippen molar-refractivity contribution in [3.8, 4) is 0 Å². The lowest BCUT2D eigenvalue weighted by Crippen LogP contribution is -2.28. The van der Waals surface area contributed by atoms with Crippen LogP contribution in [-0.2, 0) is 24.3 Å². The molecule has 0 spiro atoms. The van der Waals surface area contributed by atoms with Crippen LogP contribution in [0.2, 0.25) is 0 Å². The van der Waals surface area contributed by atoms with Gasteiger partial charge in [-0.3, -0.25) is 14.5 Å². The van der Waals surface area contributed by atoms with E-state index in [9.17, 15) is 9.59 Å². The van der Waals surface area contributed by atoms with Gasteiger partial charge in [0, 0.05) is 38.5 Å². The van der Waals surface area contributed by atoms with E-state index in [0.29, 0.717) is 25.2 Å². The Labute approximate surface area is 146 Å². The van der Waals surface area contributed by atoms with Gasteiger partial charge in [0.1, 0.15) is 11.6 Å². The molecule has 1 aromatic carbocycles. The van der Waals surface area contributed by atoms with Crippen molar-refractivity contribution in [1.82, 2.24) is 20.2 Å². The van der Waals surface area contributed by atoms with Crippen molar-refractivity contribution in [1.29, 1.82) is 0 Å². The first kappa shape index (κ1) is 17.2. The Morgan fingerprint density at radius 1 is 1.28 bits per heavy atom. The number of hydrogen-bond acceptors (Lipinski definition) is 5. The number of fused-ring (bicyclic) bond motifs is 1. The molecule has 1 amide bonds. The largest absolute Gasteiger partial charge is 0.383 e. The molecule has 1 aliphatic rings. The monoisotopic (exact) mass is 341 g/mol. The van der Waals surface area contributed by atoms with E-state index < -0.39 is 0 Å². The molecule has 0 radical (unpaired) electrons. The average Bonchev–Trinajstić information content (AvgIpc) is 2.96. The second-order valence-electron chi connectivity index (χ2n) is 6.30. The minimum Gasteiger partial charge on any atom is -0.383 e. The van der Waals surface area contributed by atoms with E-state index in [4.69, 9.17) is 5.73 Å². The fourth-order valence-corrected chi connectivity index (χ4v) is 3.08. The summed E-state index contributed by atoms with van der Waals surface area (Å²) in [6, 6.07) is 9.70. The smallest absolute Gasteiger partial charge is 0.252 e. The Morgan fingerprint density at radius 2 is 2.00 bits per heavy atom. The molecule has 0 fully saturated rings. The maximum absolute atomic E-state index is 11.9. The Kier molecular flexibility index (Phi) is 5.45. The highest BCUT2D eigenvalue weighted by molar-refractivity contribution is 5.75. The number of carbonyl (C=O) groups is 1. The lowest BCUT2D eigenvalue weighted by molar-refractivity contribution is -0.121. The van der Waals surface area contributed by atoms with E-state index in [-0.39, 0.29) is 17.3 Å². The van der Waals surface area contributed by atoms with Gasteiger partial charge in [-0.05, 0) is 24.1 Å². The summed E-state index contributed by atoms with van der Waals surface area (Å²) >= 11 is 0. The van der Waals surface area contributed by atoms with Gasteiger partial charge in [-0.2, -0.15) is 0 Å². The van der Waals surface area contributed by atoms with Gasteiger partial charge in [0.15, 0.2) is 0 Å². The summed E-state index contributed by atoms with van der Waals surface area (Å²) < 4.78 is 0. The van der Waals surface area contributed by atoms with Crippen LogP contribution >= 0.6 is 0 Å². The fraction of sp³-hybridized carbons (Fsp3) is 0.389. The van der Waals surface area contributed by atoms with Crippen LogP contribution in [0, 0.1) is 0 Å². The van der Waals surface area contributed by atoms with Gasteiger partial charge in [0.05, 0.1) is 0 Å². The summed E-state index contributed by atoms with van der Waals surface area (Å²) in [5.74, 6) is 0.694. The van der Waals surface area contributed by atoms with Gasteiger partial charge in [0.25, 0.3) is 5.56 Å². The van der Waals surface area contributed by atoms with Crippen LogP contribution in [0.15, 0.2) is 35.1 Å². The number of aromatic amines is 1. The molecule has 25 heavy (non-hydrogen) atoms. The summed E-state index contributed by atoms with van der Waals surface area (Å²) in [6.07, 6.45) is 1.77. The van der Waals surface area contributed by atoms with E-state index in [2.05, 4.69) is 44.5 Å². The van der Waals surface area contributed by atoms with Crippen molar-refractivity contribution in [2.75, 3.05) is 18.8 Å². The van der Waals surface area contributed by atoms with E-state index in [1.165, 1.54) is 17.2 Å².